The van der Waals surface area contributed by atoms with Crippen LogP contribution in [0.15, 0.2) is 24.3 Å². The second-order valence-electron chi connectivity index (χ2n) is 6.05. The first-order valence-corrected chi connectivity index (χ1v) is 7.82. The minimum absolute atomic E-state index is 0.171. The number of phenols is 1. The van der Waals surface area contributed by atoms with Crippen molar-refractivity contribution in [3.8, 4) is 5.75 Å². The van der Waals surface area contributed by atoms with E-state index in [0.29, 0.717) is 19.0 Å². The van der Waals surface area contributed by atoms with Gasteiger partial charge in [0.15, 0.2) is 0 Å². The van der Waals surface area contributed by atoms with Crippen LogP contribution in [-0.2, 0) is 11.3 Å². The number of rotatable bonds is 6. The Hall–Kier alpha value is -1.55. The SMILES string of the molecule is C[C@H](CCC(=O)N(C)Cc1cccc(O)c1)N1CCCC1. The summed E-state index contributed by atoms with van der Waals surface area (Å²) in [5.74, 6) is 0.417. The van der Waals surface area contributed by atoms with Crippen molar-refractivity contribution in [1.29, 1.82) is 0 Å². The maximum absolute atomic E-state index is 12.2. The maximum atomic E-state index is 12.2. The zero-order chi connectivity index (χ0) is 15.2. The lowest BCUT2D eigenvalue weighted by molar-refractivity contribution is -0.130. The molecular formula is C17H26N2O2. The van der Waals surface area contributed by atoms with Crippen LogP contribution in [0.4, 0.5) is 0 Å². The van der Waals surface area contributed by atoms with Crippen molar-refractivity contribution in [2.45, 2.75) is 45.2 Å². The minimum Gasteiger partial charge on any atom is -0.508 e. The second kappa shape index (κ2) is 7.46. The first kappa shape index (κ1) is 15.8. The van der Waals surface area contributed by atoms with E-state index in [1.165, 1.54) is 25.9 Å². The van der Waals surface area contributed by atoms with Crippen molar-refractivity contribution in [1.82, 2.24) is 9.80 Å². The molecule has 0 aromatic heterocycles. The molecule has 116 valence electrons. The fourth-order valence-electron chi connectivity index (χ4n) is 2.91. The van der Waals surface area contributed by atoms with Crippen molar-refractivity contribution in [2.24, 2.45) is 0 Å². The van der Waals surface area contributed by atoms with E-state index in [4.69, 9.17) is 0 Å². The van der Waals surface area contributed by atoms with Crippen molar-refractivity contribution < 1.29 is 9.90 Å². The highest BCUT2D eigenvalue weighted by atomic mass is 16.3. The summed E-state index contributed by atoms with van der Waals surface area (Å²) >= 11 is 0. The molecule has 1 fully saturated rings. The standard InChI is InChI=1S/C17H26N2O2/c1-14(19-10-3-4-11-19)8-9-17(21)18(2)13-15-6-5-7-16(20)12-15/h5-7,12,14,20H,3-4,8-11,13H2,1-2H3/t14-/m1/s1. The van der Waals surface area contributed by atoms with E-state index in [0.717, 1.165) is 12.0 Å². The molecule has 1 N–H and O–H groups in total. The molecule has 1 amide bonds. The van der Waals surface area contributed by atoms with E-state index in [-0.39, 0.29) is 11.7 Å². The number of carbonyl (C=O) groups is 1. The van der Waals surface area contributed by atoms with Crippen LogP contribution < -0.4 is 0 Å². The van der Waals surface area contributed by atoms with E-state index < -0.39 is 0 Å². The van der Waals surface area contributed by atoms with Gasteiger partial charge in [0, 0.05) is 26.1 Å². The molecule has 4 heteroatoms. The highest BCUT2D eigenvalue weighted by Gasteiger charge is 2.19. The number of phenolic OH excluding ortho intramolecular Hbond substituents is 1. The molecule has 0 bridgehead atoms. The predicted octanol–water partition coefficient (Wildman–Crippen LogP) is 2.62. The lowest BCUT2D eigenvalue weighted by Crippen LogP contribution is -2.32. The van der Waals surface area contributed by atoms with Crippen LogP contribution in [-0.4, -0.2) is 47.0 Å². The molecule has 21 heavy (non-hydrogen) atoms. The molecule has 1 aliphatic heterocycles. The molecule has 1 heterocycles. The Morgan fingerprint density at radius 1 is 1.38 bits per heavy atom. The number of amides is 1. The summed E-state index contributed by atoms with van der Waals surface area (Å²) in [6.07, 6.45) is 4.08. The lowest BCUT2D eigenvalue weighted by Gasteiger charge is -2.24. The second-order valence-corrected chi connectivity index (χ2v) is 6.05. The van der Waals surface area contributed by atoms with E-state index in [2.05, 4.69) is 11.8 Å². The topological polar surface area (TPSA) is 43.8 Å². The Bertz CT molecular complexity index is 470. The van der Waals surface area contributed by atoms with Crippen molar-refractivity contribution in [2.75, 3.05) is 20.1 Å². The maximum Gasteiger partial charge on any atom is 0.222 e. The first-order valence-electron chi connectivity index (χ1n) is 7.82. The van der Waals surface area contributed by atoms with Crippen LogP contribution in [0.5, 0.6) is 5.75 Å². The number of carbonyl (C=O) groups excluding carboxylic acids is 1. The zero-order valence-electron chi connectivity index (χ0n) is 13.1. The molecule has 1 aromatic carbocycles. The monoisotopic (exact) mass is 290 g/mol. The largest absolute Gasteiger partial charge is 0.508 e. The van der Waals surface area contributed by atoms with Gasteiger partial charge in [0.2, 0.25) is 5.91 Å². The van der Waals surface area contributed by atoms with E-state index >= 15 is 0 Å². The summed E-state index contributed by atoms with van der Waals surface area (Å²) in [5.41, 5.74) is 0.957. The predicted molar refractivity (Wildman–Crippen MR) is 84.1 cm³/mol. The Labute approximate surface area is 127 Å². The number of benzene rings is 1. The molecule has 1 aliphatic rings. The normalized spacial score (nSPS) is 16.9. The van der Waals surface area contributed by atoms with Crippen LogP contribution >= 0.6 is 0 Å². The van der Waals surface area contributed by atoms with Crippen LogP contribution in [0, 0.1) is 0 Å². The van der Waals surface area contributed by atoms with E-state index in [9.17, 15) is 9.90 Å². The summed E-state index contributed by atoms with van der Waals surface area (Å²) in [7, 11) is 1.83. The zero-order valence-corrected chi connectivity index (χ0v) is 13.1. The van der Waals surface area contributed by atoms with Gasteiger partial charge in [-0.05, 0) is 57.0 Å². The summed E-state index contributed by atoms with van der Waals surface area (Å²) in [6.45, 7) is 5.11. The highest BCUT2D eigenvalue weighted by molar-refractivity contribution is 5.75. The summed E-state index contributed by atoms with van der Waals surface area (Å²) in [4.78, 5) is 16.4. The molecule has 4 nitrogen and oxygen atoms in total. The smallest absolute Gasteiger partial charge is 0.222 e. The average Bonchev–Trinajstić information content (AvgIpc) is 2.98. The summed E-state index contributed by atoms with van der Waals surface area (Å²) < 4.78 is 0. The molecule has 1 saturated heterocycles. The average molecular weight is 290 g/mol. The van der Waals surface area contributed by atoms with Crippen molar-refractivity contribution in [3.05, 3.63) is 29.8 Å². The number of hydrogen-bond donors (Lipinski definition) is 1. The third-order valence-corrected chi connectivity index (χ3v) is 4.30. The van der Waals surface area contributed by atoms with Gasteiger partial charge in [-0.15, -0.1) is 0 Å². The van der Waals surface area contributed by atoms with Gasteiger partial charge in [0.25, 0.3) is 0 Å². The van der Waals surface area contributed by atoms with Crippen LogP contribution in [0.25, 0.3) is 0 Å². The highest BCUT2D eigenvalue weighted by Crippen LogP contribution is 2.16. The van der Waals surface area contributed by atoms with Gasteiger partial charge in [-0.1, -0.05) is 12.1 Å². The molecule has 0 spiro atoms. The van der Waals surface area contributed by atoms with Crippen molar-refractivity contribution in [3.63, 3.8) is 0 Å². The van der Waals surface area contributed by atoms with Crippen LogP contribution in [0.1, 0.15) is 38.2 Å². The van der Waals surface area contributed by atoms with Gasteiger partial charge in [0.05, 0.1) is 0 Å². The lowest BCUT2D eigenvalue weighted by atomic mass is 10.1. The molecule has 0 saturated carbocycles. The van der Waals surface area contributed by atoms with Gasteiger partial charge in [0.1, 0.15) is 5.75 Å². The summed E-state index contributed by atoms with van der Waals surface area (Å²) in [5, 5.41) is 9.45. The Kier molecular flexibility index (Phi) is 5.62. The summed E-state index contributed by atoms with van der Waals surface area (Å²) in [6, 6.07) is 7.57. The molecule has 1 aromatic rings. The van der Waals surface area contributed by atoms with Gasteiger partial charge in [-0.25, -0.2) is 0 Å². The number of nitrogens with zero attached hydrogens (tertiary/aromatic N) is 2. The molecule has 1 atom stereocenters. The van der Waals surface area contributed by atoms with E-state index in [1.54, 1.807) is 23.1 Å². The first-order chi connectivity index (χ1) is 10.1. The molecular weight excluding hydrogens is 264 g/mol. The van der Waals surface area contributed by atoms with Gasteiger partial charge < -0.3 is 14.9 Å². The third-order valence-electron chi connectivity index (χ3n) is 4.30. The fraction of sp³-hybridized carbons (Fsp3) is 0.588. The van der Waals surface area contributed by atoms with Gasteiger partial charge >= 0.3 is 0 Å². The minimum atomic E-state index is 0.171. The fourth-order valence-corrected chi connectivity index (χ4v) is 2.91. The number of hydrogen-bond acceptors (Lipinski definition) is 3. The molecule has 0 unspecified atom stereocenters. The van der Waals surface area contributed by atoms with Crippen LogP contribution in [0.3, 0.4) is 0 Å². The Balaban J connectivity index is 1.77. The number of aromatic hydroxyl groups is 1. The van der Waals surface area contributed by atoms with Crippen molar-refractivity contribution >= 4 is 5.91 Å². The van der Waals surface area contributed by atoms with Crippen LogP contribution in [0.2, 0.25) is 0 Å². The molecule has 0 aliphatic carbocycles. The van der Waals surface area contributed by atoms with Gasteiger partial charge in [-0.2, -0.15) is 0 Å². The Morgan fingerprint density at radius 2 is 2.10 bits per heavy atom. The quantitative estimate of drug-likeness (QED) is 0.876. The van der Waals surface area contributed by atoms with Gasteiger partial charge in [-0.3, -0.25) is 4.79 Å². The third kappa shape index (κ3) is 4.74. The molecule has 2 rings (SSSR count). The Morgan fingerprint density at radius 3 is 2.76 bits per heavy atom. The molecule has 0 radical (unpaired) electrons. The van der Waals surface area contributed by atoms with E-state index in [1.807, 2.05) is 13.1 Å². The number of likely N-dealkylation sites (tertiary alicyclic amines) is 1.